The first-order valence-electron chi connectivity index (χ1n) is 9.14. The number of aromatic nitrogens is 2. The van der Waals surface area contributed by atoms with Crippen molar-refractivity contribution in [1.29, 1.82) is 0 Å². The van der Waals surface area contributed by atoms with Crippen molar-refractivity contribution < 1.29 is 9.90 Å². The van der Waals surface area contributed by atoms with Crippen molar-refractivity contribution in [2.75, 3.05) is 13.1 Å². The maximum absolute atomic E-state index is 12.7. The van der Waals surface area contributed by atoms with Crippen LogP contribution in [0.3, 0.4) is 0 Å². The van der Waals surface area contributed by atoms with Crippen molar-refractivity contribution in [3.8, 4) is 0 Å². The smallest absolute Gasteiger partial charge is 0.179 e. The van der Waals surface area contributed by atoms with E-state index in [1.807, 2.05) is 65.6 Å². The molecule has 2 aromatic carbocycles. The first-order valence-corrected chi connectivity index (χ1v) is 9.14. The highest BCUT2D eigenvalue weighted by atomic mass is 16.3. The number of aliphatic hydroxyl groups excluding tert-OH is 1. The van der Waals surface area contributed by atoms with Crippen molar-refractivity contribution in [3.63, 3.8) is 0 Å². The Morgan fingerprint density at radius 3 is 2.33 bits per heavy atom. The Morgan fingerprint density at radius 1 is 1.07 bits per heavy atom. The molecule has 1 N–H and O–H groups in total. The number of benzene rings is 2. The zero-order chi connectivity index (χ0) is 19.1. The van der Waals surface area contributed by atoms with Gasteiger partial charge in [0.2, 0.25) is 0 Å². The normalized spacial score (nSPS) is 12.3. The van der Waals surface area contributed by atoms with E-state index in [9.17, 15) is 9.90 Å². The molecule has 0 saturated carbocycles. The first kappa shape index (κ1) is 19.0. The third-order valence-electron chi connectivity index (χ3n) is 4.28. The number of aliphatic hydroxyl groups is 1. The molecule has 3 aromatic rings. The Bertz CT molecular complexity index is 844. The fourth-order valence-electron chi connectivity index (χ4n) is 3.06. The number of carbonyl (C=O) groups excluding carboxylic acids is 1. The minimum Gasteiger partial charge on any atom is -0.392 e. The number of ketones is 1. The zero-order valence-electron chi connectivity index (χ0n) is 15.5. The summed E-state index contributed by atoms with van der Waals surface area (Å²) in [6.07, 6.45) is 2.91. The molecule has 0 bridgehead atoms. The van der Waals surface area contributed by atoms with Gasteiger partial charge in [-0.2, -0.15) is 5.10 Å². The lowest BCUT2D eigenvalue weighted by Crippen LogP contribution is -2.35. The maximum atomic E-state index is 12.7. The van der Waals surface area contributed by atoms with Gasteiger partial charge >= 0.3 is 0 Å². The van der Waals surface area contributed by atoms with Gasteiger partial charge in [-0.15, -0.1) is 0 Å². The molecule has 1 heterocycles. The average Bonchev–Trinajstić information content (AvgIpc) is 3.11. The Morgan fingerprint density at radius 2 is 1.70 bits per heavy atom. The average molecular weight is 363 g/mol. The molecule has 1 aromatic heterocycles. The quantitative estimate of drug-likeness (QED) is 0.594. The van der Waals surface area contributed by atoms with Crippen LogP contribution in [0, 0.1) is 0 Å². The summed E-state index contributed by atoms with van der Waals surface area (Å²) in [7, 11) is 0. The van der Waals surface area contributed by atoms with Crippen LogP contribution in [0.4, 0.5) is 0 Å². The molecule has 3 rings (SSSR count). The molecule has 0 amide bonds. The Kier molecular flexibility index (Phi) is 6.52. The molecule has 0 radical (unpaired) electrons. The van der Waals surface area contributed by atoms with Gasteiger partial charge in [0, 0.05) is 19.3 Å². The van der Waals surface area contributed by atoms with E-state index in [2.05, 4.69) is 5.10 Å². The van der Waals surface area contributed by atoms with Gasteiger partial charge in [-0.3, -0.25) is 14.4 Å². The lowest BCUT2D eigenvalue weighted by molar-refractivity contribution is 0.0850. The second-order valence-electron chi connectivity index (χ2n) is 6.84. The zero-order valence-corrected chi connectivity index (χ0v) is 15.5. The van der Waals surface area contributed by atoms with Crippen LogP contribution in [0.5, 0.6) is 0 Å². The topological polar surface area (TPSA) is 58.4 Å². The lowest BCUT2D eigenvalue weighted by Gasteiger charge is -2.22. The van der Waals surface area contributed by atoms with Crippen molar-refractivity contribution in [1.82, 2.24) is 14.7 Å². The maximum Gasteiger partial charge on any atom is 0.179 e. The van der Waals surface area contributed by atoms with Gasteiger partial charge in [-0.05, 0) is 18.1 Å². The minimum absolute atomic E-state index is 0.00546. The molecule has 0 fully saturated rings. The van der Waals surface area contributed by atoms with E-state index in [1.54, 1.807) is 24.0 Å². The summed E-state index contributed by atoms with van der Waals surface area (Å²) in [5.41, 5.74) is 2.85. The number of nitrogens with zero attached hydrogens (tertiary/aromatic N) is 3. The predicted octanol–water partition coefficient (Wildman–Crippen LogP) is 3.00. The number of hydrogen-bond acceptors (Lipinski definition) is 4. The molecule has 5 nitrogen and oxygen atoms in total. The van der Waals surface area contributed by atoms with Crippen molar-refractivity contribution in [2.45, 2.75) is 26.1 Å². The van der Waals surface area contributed by atoms with Gasteiger partial charge in [0.25, 0.3) is 0 Å². The van der Waals surface area contributed by atoms with E-state index in [0.717, 1.165) is 11.1 Å². The summed E-state index contributed by atoms with van der Waals surface area (Å²) in [4.78, 5) is 14.7. The van der Waals surface area contributed by atoms with Crippen LogP contribution in [0.15, 0.2) is 73.1 Å². The van der Waals surface area contributed by atoms with Gasteiger partial charge in [0.15, 0.2) is 5.78 Å². The second kappa shape index (κ2) is 9.26. The molecule has 5 heteroatoms. The fourth-order valence-corrected chi connectivity index (χ4v) is 3.06. The lowest BCUT2D eigenvalue weighted by atomic mass is 10.1. The second-order valence-corrected chi connectivity index (χ2v) is 6.84. The van der Waals surface area contributed by atoms with Gasteiger partial charge in [0.05, 0.1) is 31.0 Å². The van der Waals surface area contributed by atoms with Crippen LogP contribution < -0.4 is 0 Å². The van der Waals surface area contributed by atoms with Gasteiger partial charge < -0.3 is 5.11 Å². The Hall–Kier alpha value is -2.76. The van der Waals surface area contributed by atoms with E-state index in [-0.39, 0.29) is 12.3 Å². The molecular weight excluding hydrogens is 338 g/mol. The molecule has 0 spiro atoms. The van der Waals surface area contributed by atoms with E-state index in [4.69, 9.17) is 0 Å². The van der Waals surface area contributed by atoms with Gasteiger partial charge in [-0.25, -0.2) is 0 Å². The van der Waals surface area contributed by atoms with Crippen LogP contribution in [0.25, 0.3) is 0 Å². The van der Waals surface area contributed by atoms with Crippen LogP contribution in [0.2, 0.25) is 0 Å². The van der Waals surface area contributed by atoms with Crippen LogP contribution in [0.1, 0.15) is 28.4 Å². The summed E-state index contributed by atoms with van der Waals surface area (Å²) in [6.45, 7) is 3.68. The molecule has 0 saturated heterocycles. The number of rotatable bonds is 9. The molecule has 27 heavy (non-hydrogen) atoms. The standard InChI is InChI=1S/C22H25N3O2/c1-18(26)13-24(14-19-8-4-2-5-9-19)17-22(27)21-12-23-25(16-21)15-20-10-6-3-7-11-20/h2-12,16,18,26H,13-15,17H2,1H3. The highest BCUT2D eigenvalue weighted by Gasteiger charge is 2.16. The molecule has 0 aliphatic rings. The van der Waals surface area contributed by atoms with E-state index >= 15 is 0 Å². The van der Waals surface area contributed by atoms with Gasteiger partial charge in [-0.1, -0.05) is 60.7 Å². The highest BCUT2D eigenvalue weighted by molar-refractivity contribution is 5.97. The summed E-state index contributed by atoms with van der Waals surface area (Å²) >= 11 is 0. The summed E-state index contributed by atoms with van der Waals surface area (Å²) in [5.74, 6) is 0.00546. The first-order chi connectivity index (χ1) is 13.1. The molecule has 140 valence electrons. The van der Waals surface area contributed by atoms with Crippen molar-refractivity contribution >= 4 is 5.78 Å². The number of carbonyl (C=O) groups is 1. The Balaban J connectivity index is 1.64. The van der Waals surface area contributed by atoms with Crippen LogP contribution in [-0.4, -0.2) is 44.8 Å². The monoisotopic (exact) mass is 363 g/mol. The molecule has 0 aliphatic heterocycles. The highest BCUT2D eigenvalue weighted by Crippen LogP contribution is 2.09. The molecule has 1 unspecified atom stereocenters. The SMILES string of the molecule is CC(O)CN(CC(=O)c1cnn(Cc2ccccc2)c1)Cc1ccccc1. The summed E-state index contributed by atoms with van der Waals surface area (Å²) in [5, 5.41) is 14.1. The van der Waals surface area contributed by atoms with Crippen molar-refractivity contribution in [2.24, 2.45) is 0 Å². The van der Waals surface area contributed by atoms with Crippen molar-refractivity contribution in [3.05, 3.63) is 89.7 Å². The third kappa shape index (κ3) is 5.88. The van der Waals surface area contributed by atoms with E-state index < -0.39 is 6.10 Å². The van der Waals surface area contributed by atoms with Gasteiger partial charge in [0.1, 0.15) is 0 Å². The minimum atomic E-state index is -0.498. The predicted molar refractivity (Wildman–Crippen MR) is 106 cm³/mol. The third-order valence-corrected chi connectivity index (χ3v) is 4.28. The number of hydrogen-bond donors (Lipinski definition) is 1. The fraction of sp³-hybridized carbons (Fsp3) is 0.273. The molecule has 1 atom stereocenters. The Labute approximate surface area is 159 Å². The van der Waals surface area contributed by atoms with E-state index in [1.165, 1.54) is 0 Å². The van der Waals surface area contributed by atoms with Crippen LogP contribution in [-0.2, 0) is 13.1 Å². The molecule has 0 aliphatic carbocycles. The summed E-state index contributed by atoms with van der Waals surface area (Å²) < 4.78 is 1.78. The van der Waals surface area contributed by atoms with Crippen LogP contribution >= 0.6 is 0 Å². The summed E-state index contributed by atoms with van der Waals surface area (Å²) in [6, 6.07) is 20.0. The molecular formula is C22H25N3O2. The van der Waals surface area contributed by atoms with E-state index in [0.29, 0.717) is 25.2 Å². The number of Topliss-reactive ketones (excluding diaryl/α,β-unsaturated/α-hetero) is 1. The largest absolute Gasteiger partial charge is 0.392 e.